The van der Waals surface area contributed by atoms with Crippen molar-refractivity contribution < 1.29 is 9.47 Å². The van der Waals surface area contributed by atoms with E-state index in [2.05, 4.69) is 4.98 Å². The van der Waals surface area contributed by atoms with E-state index in [0.29, 0.717) is 12.5 Å². The maximum absolute atomic E-state index is 5.78. The first-order valence-corrected chi connectivity index (χ1v) is 5.21. The maximum Gasteiger partial charge on any atom is 0.213 e. The molecule has 1 saturated heterocycles. The van der Waals surface area contributed by atoms with Crippen LogP contribution in [0.4, 0.5) is 0 Å². The average Bonchev–Trinajstić information content (AvgIpc) is 2.71. The predicted molar refractivity (Wildman–Crippen MR) is 56.7 cm³/mol. The van der Waals surface area contributed by atoms with Gasteiger partial charge < -0.3 is 15.2 Å². The lowest BCUT2D eigenvalue weighted by atomic mass is 10.1. The molecule has 2 rings (SSSR count). The molecule has 4 nitrogen and oxygen atoms in total. The Hall–Kier alpha value is -1.13. The third kappa shape index (κ3) is 2.67. The van der Waals surface area contributed by atoms with Crippen LogP contribution in [0.3, 0.4) is 0 Å². The van der Waals surface area contributed by atoms with Gasteiger partial charge in [0, 0.05) is 24.7 Å². The van der Waals surface area contributed by atoms with Gasteiger partial charge in [0.15, 0.2) is 0 Å². The molecule has 0 aliphatic carbocycles. The van der Waals surface area contributed by atoms with Gasteiger partial charge in [0.25, 0.3) is 0 Å². The minimum atomic E-state index is 0.00942. The van der Waals surface area contributed by atoms with Crippen molar-refractivity contribution in [1.29, 1.82) is 0 Å². The molecule has 4 heteroatoms. The summed E-state index contributed by atoms with van der Waals surface area (Å²) >= 11 is 0. The number of rotatable bonds is 3. The minimum Gasteiger partial charge on any atom is -0.472 e. The molecule has 1 fully saturated rings. The van der Waals surface area contributed by atoms with Gasteiger partial charge in [-0.15, -0.1) is 0 Å². The second kappa shape index (κ2) is 4.59. The molecule has 0 bridgehead atoms. The second-order valence-electron chi connectivity index (χ2n) is 3.82. The molecule has 0 saturated carbocycles. The van der Waals surface area contributed by atoms with Gasteiger partial charge in [-0.1, -0.05) is 0 Å². The van der Waals surface area contributed by atoms with Gasteiger partial charge in [-0.2, -0.15) is 0 Å². The number of pyridine rings is 1. The van der Waals surface area contributed by atoms with E-state index in [-0.39, 0.29) is 12.1 Å². The van der Waals surface area contributed by atoms with Crippen LogP contribution in [0.25, 0.3) is 0 Å². The van der Waals surface area contributed by atoms with Gasteiger partial charge in [-0.05, 0) is 18.6 Å². The number of hydrogen-bond donors (Lipinski definition) is 1. The SMILES string of the molecule is CC(N)c1ccnc(OC2CCOC2)c1. The fraction of sp³-hybridized carbons (Fsp3) is 0.545. The number of nitrogens with two attached hydrogens (primary N) is 1. The fourth-order valence-corrected chi connectivity index (χ4v) is 1.55. The van der Waals surface area contributed by atoms with Crippen molar-refractivity contribution >= 4 is 0 Å². The van der Waals surface area contributed by atoms with Crippen molar-refractivity contribution in [2.45, 2.75) is 25.5 Å². The Morgan fingerprint density at radius 2 is 2.53 bits per heavy atom. The summed E-state index contributed by atoms with van der Waals surface area (Å²) in [6, 6.07) is 3.81. The molecular weight excluding hydrogens is 192 g/mol. The minimum absolute atomic E-state index is 0.00942. The highest BCUT2D eigenvalue weighted by molar-refractivity contribution is 5.23. The fourth-order valence-electron chi connectivity index (χ4n) is 1.55. The van der Waals surface area contributed by atoms with Gasteiger partial charge in [0.2, 0.25) is 5.88 Å². The first-order chi connectivity index (χ1) is 7.25. The van der Waals surface area contributed by atoms with Crippen molar-refractivity contribution in [3.8, 4) is 5.88 Å². The standard InChI is InChI=1S/C11H16N2O2/c1-8(12)9-2-4-13-11(6-9)15-10-3-5-14-7-10/h2,4,6,8,10H,3,5,7,12H2,1H3. The highest BCUT2D eigenvalue weighted by atomic mass is 16.5. The zero-order valence-electron chi connectivity index (χ0n) is 8.85. The summed E-state index contributed by atoms with van der Waals surface area (Å²) in [5, 5.41) is 0. The third-order valence-corrected chi connectivity index (χ3v) is 2.46. The molecule has 1 aliphatic heterocycles. The van der Waals surface area contributed by atoms with Gasteiger partial charge in [0.1, 0.15) is 6.10 Å². The van der Waals surface area contributed by atoms with Crippen LogP contribution in [0.1, 0.15) is 24.9 Å². The summed E-state index contributed by atoms with van der Waals surface area (Å²) in [4.78, 5) is 4.15. The Balaban J connectivity index is 2.04. The van der Waals surface area contributed by atoms with Crippen molar-refractivity contribution in [2.75, 3.05) is 13.2 Å². The summed E-state index contributed by atoms with van der Waals surface area (Å²) in [7, 11) is 0. The van der Waals surface area contributed by atoms with E-state index < -0.39 is 0 Å². The van der Waals surface area contributed by atoms with Gasteiger partial charge in [-0.3, -0.25) is 0 Å². The van der Waals surface area contributed by atoms with E-state index in [0.717, 1.165) is 18.6 Å². The highest BCUT2D eigenvalue weighted by Gasteiger charge is 2.17. The van der Waals surface area contributed by atoms with Crippen LogP contribution >= 0.6 is 0 Å². The molecule has 1 aromatic heterocycles. The Kier molecular flexibility index (Phi) is 3.18. The zero-order chi connectivity index (χ0) is 10.7. The van der Waals surface area contributed by atoms with E-state index in [1.54, 1.807) is 6.20 Å². The quantitative estimate of drug-likeness (QED) is 0.812. The summed E-state index contributed by atoms with van der Waals surface area (Å²) in [5.74, 6) is 0.639. The number of hydrogen-bond acceptors (Lipinski definition) is 4. The van der Waals surface area contributed by atoms with E-state index in [1.165, 1.54) is 0 Å². The molecule has 0 radical (unpaired) electrons. The molecule has 1 aromatic rings. The van der Waals surface area contributed by atoms with Crippen LogP contribution in [0.15, 0.2) is 18.3 Å². The summed E-state index contributed by atoms with van der Waals surface area (Å²) in [5.41, 5.74) is 6.82. The monoisotopic (exact) mass is 208 g/mol. The molecule has 0 amide bonds. The molecule has 2 atom stereocenters. The Bertz CT molecular complexity index is 322. The summed E-state index contributed by atoms with van der Waals surface area (Å²) < 4.78 is 10.9. The number of aromatic nitrogens is 1. The van der Waals surface area contributed by atoms with Crippen molar-refractivity contribution in [3.63, 3.8) is 0 Å². The third-order valence-electron chi connectivity index (χ3n) is 2.46. The lowest BCUT2D eigenvalue weighted by Crippen LogP contribution is -2.16. The van der Waals surface area contributed by atoms with Gasteiger partial charge in [-0.25, -0.2) is 4.98 Å². The average molecular weight is 208 g/mol. The van der Waals surface area contributed by atoms with Crippen LogP contribution in [-0.2, 0) is 4.74 Å². The molecule has 0 aromatic carbocycles. The summed E-state index contributed by atoms with van der Waals surface area (Å²) in [6.45, 7) is 3.37. The molecular formula is C11H16N2O2. The normalized spacial score (nSPS) is 22.7. The molecule has 0 spiro atoms. The first kappa shape index (κ1) is 10.4. The Morgan fingerprint density at radius 1 is 1.67 bits per heavy atom. The molecule has 1 aliphatic rings. The van der Waals surface area contributed by atoms with E-state index in [9.17, 15) is 0 Å². The van der Waals surface area contributed by atoms with Crippen LogP contribution in [0.2, 0.25) is 0 Å². The topological polar surface area (TPSA) is 57.4 Å². The van der Waals surface area contributed by atoms with Crippen LogP contribution in [0, 0.1) is 0 Å². The Morgan fingerprint density at radius 3 is 3.20 bits per heavy atom. The van der Waals surface area contributed by atoms with Crippen LogP contribution in [-0.4, -0.2) is 24.3 Å². The van der Waals surface area contributed by atoms with Crippen molar-refractivity contribution in [1.82, 2.24) is 4.98 Å². The number of nitrogens with zero attached hydrogens (tertiary/aromatic N) is 1. The maximum atomic E-state index is 5.78. The Labute approximate surface area is 89.4 Å². The first-order valence-electron chi connectivity index (χ1n) is 5.21. The predicted octanol–water partition coefficient (Wildman–Crippen LogP) is 1.27. The van der Waals surface area contributed by atoms with Gasteiger partial charge >= 0.3 is 0 Å². The largest absolute Gasteiger partial charge is 0.472 e. The molecule has 82 valence electrons. The molecule has 15 heavy (non-hydrogen) atoms. The van der Waals surface area contributed by atoms with Crippen molar-refractivity contribution in [2.24, 2.45) is 5.73 Å². The lowest BCUT2D eigenvalue weighted by molar-refractivity contribution is 0.138. The number of ether oxygens (including phenoxy) is 2. The van der Waals surface area contributed by atoms with E-state index in [4.69, 9.17) is 15.2 Å². The molecule has 2 N–H and O–H groups in total. The van der Waals surface area contributed by atoms with Crippen LogP contribution in [0.5, 0.6) is 5.88 Å². The van der Waals surface area contributed by atoms with Crippen molar-refractivity contribution in [3.05, 3.63) is 23.9 Å². The smallest absolute Gasteiger partial charge is 0.213 e. The van der Waals surface area contributed by atoms with E-state index >= 15 is 0 Å². The van der Waals surface area contributed by atoms with Gasteiger partial charge in [0.05, 0.1) is 13.2 Å². The highest BCUT2D eigenvalue weighted by Crippen LogP contribution is 2.18. The zero-order valence-corrected chi connectivity index (χ0v) is 8.85. The molecule has 2 unspecified atom stereocenters. The summed E-state index contributed by atoms with van der Waals surface area (Å²) in [6.07, 6.45) is 2.80. The molecule has 2 heterocycles. The lowest BCUT2D eigenvalue weighted by Gasteiger charge is -2.12. The second-order valence-corrected chi connectivity index (χ2v) is 3.82. The van der Waals surface area contributed by atoms with E-state index in [1.807, 2.05) is 19.1 Å². The van der Waals surface area contributed by atoms with Crippen LogP contribution < -0.4 is 10.5 Å².